The van der Waals surface area contributed by atoms with Gasteiger partial charge >= 0.3 is 0 Å². The number of nitrogens with one attached hydrogen (secondary N) is 2. The summed E-state index contributed by atoms with van der Waals surface area (Å²) in [4.78, 5) is 27.3. The summed E-state index contributed by atoms with van der Waals surface area (Å²) < 4.78 is 25.2. The Labute approximate surface area is 324 Å². The van der Waals surface area contributed by atoms with Gasteiger partial charge in [0, 0.05) is 59.1 Å². The van der Waals surface area contributed by atoms with Crippen LogP contribution in [0.2, 0.25) is 0 Å². The summed E-state index contributed by atoms with van der Waals surface area (Å²) in [6.45, 7) is 6.09. The summed E-state index contributed by atoms with van der Waals surface area (Å²) in [6, 6.07) is 22.0. The van der Waals surface area contributed by atoms with Crippen molar-refractivity contribution in [3.05, 3.63) is 77.2 Å². The number of carbonyl (C=O) groups is 2. The smallest absolute Gasteiger partial charge is 0.222 e. The third-order valence-corrected chi connectivity index (χ3v) is 8.89. The molecule has 0 fully saturated rings. The van der Waals surface area contributed by atoms with E-state index in [1.54, 1.807) is 0 Å². The second-order valence-corrected chi connectivity index (χ2v) is 14.3. The lowest BCUT2D eigenvalue weighted by Crippen LogP contribution is -2.42. The molecule has 0 saturated heterocycles. The van der Waals surface area contributed by atoms with Crippen molar-refractivity contribution < 1.29 is 37.6 Å². The van der Waals surface area contributed by atoms with Gasteiger partial charge in [-0.05, 0) is 48.7 Å². The number of nitrogens with two attached hydrogens (primary N) is 1. The van der Waals surface area contributed by atoms with Crippen LogP contribution in [0, 0.1) is 0 Å². The summed E-state index contributed by atoms with van der Waals surface area (Å²) in [5, 5.41) is 12.9. The van der Waals surface area contributed by atoms with Gasteiger partial charge in [0.05, 0.1) is 97.9 Å². The van der Waals surface area contributed by atoms with E-state index in [2.05, 4.69) is 58.5 Å². The van der Waals surface area contributed by atoms with Crippen LogP contribution in [0.5, 0.6) is 0 Å². The number of benzene rings is 3. The standard InChI is InChI=1S/C41H56N8O6/c1-49(2,3)21-18-44-40(51)17-22-52-24-26-54-28-29-55-27-25-53-23-19-45-39(50)12-8-5-9-20-48-38-31-34(46-47-43)14-16-36(38)35-15-13-33(42)30-37(35)41(48)32-10-6-4-7-11-32/h4,6-7,10-11,13-16,30-31H,5,8-9,12,17-29,42H2,1-3H3/p+2. The molecule has 0 spiro atoms. The van der Waals surface area contributed by atoms with E-state index < -0.39 is 0 Å². The fourth-order valence-electron chi connectivity index (χ4n) is 6.11. The highest BCUT2D eigenvalue weighted by Gasteiger charge is 2.23. The zero-order valence-corrected chi connectivity index (χ0v) is 32.6. The maximum absolute atomic E-state index is 12.5. The fraction of sp³-hybridized carbons (Fsp3) is 0.488. The van der Waals surface area contributed by atoms with Crippen molar-refractivity contribution in [2.24, 2.45) is 5.11 Å². The van der Waals surface area contributed by atoms with E-state index in [9.17, 15) is 9.59 Å². The molecule has 296 valence electrons. The molecule has 0 unspecified atom stereocenters. The minimum atomic E-state index is -0.00316. The second-order valence-electron chi connectivity index (χ2n) is 14.3. The first-order valence-electron chi connectivity index (χ1n) is 19.1. The maximum Gasteiger partial charge on any atom is 0.222 e. The van der Waals surface area contributed by atoms with E-state index in [1.807, 2.05) is 54.6 Å². The lowest BCUT2D eigenvalue weighted by Gasteiger charge is -2.23. The molecule has 0 aliphatic carbocycles. The van der Waals surface area contributed by atoms with Crippen LogP contribution in [0.4, 0.5) is 11.4 Å². The van der Waals surface area contributed by atoms with Crippen molar-refractivity contribution in [3.8, 4) is 11.3 Å². The number of likely N-dealkylation sites (N-methyl/N-ethyl adjacent to an activating group) is 1. The Morgan fingerprint density at radius 1 is 0.727 bits per heavy atom. The Balaban J connectivity index is 1.08. The minimum Gasteiger partial charge on any atom is -0.399 e. The van der Waals surface area contributed by atoms with Gasteiger partial charge in [-0.25, -0.2) is 0 Å². The number of fused-ring (bicyclic) bond motifs is 3. The molecular weight excluding hydrogens is 701 g/mol. The van der Waals surface area contributed by atoms with E-state index in [-0.39, 0.29) is 11.8 Å². The average molecular weight is 759 g/mol. The van der Waals surface area contributed by atoms with Gasteiger partial charge in [0.2, 0.25) is 23.0 Å². The lowest BCUT2D eigenvalue weighted by atomic mass is 9.98. The number of hydrogen-bond donors (Lipinski definition) is 3. The molecule has 0 bridgehead atoms. The zero-order chi connectivity index (χ0) is 39.3. The SMILES string of the molecule is C[N+](C)(C)CCNC(=O)CCOCCOCCOCCOCCNC(=O)CCCCC[n+]1c(-c2ccccc2)c2cc(N)ccc2c2ccc(N=[N+]=[N-])cc21. The van der Waals surface area contributed by atoms with Crippen LogP contribution < -0.4 is 20.9 Å². The number of azide groups is 1. The molecule has 4 aromatic rings. The van der Waals surface area contributed by atoms with Crippen molar-refractivity contribution in [1.29, 1.82) is 0 Å². The van der Waals surface area contributed by atoms with Crippen LogP contribution in [0.25, 0.3) is 43.4 Å². The molecule has 3 aromatic carbocycles. The Hall–Kier alpha value is -4.82. The number of unbranched alkanes of at least 4 members (excludes halogenated alkanes) is 2. The number of carbonyl (C=O) groups excluding carboxylic acids is 2. The van der Waals surface area contributed by atoms with Gasteiger partial charge in [-0.3, -0.25) is 9.59 Å². The predicted octanol–water partition coefficient (Wildman–Crippen LogP) is 5.43. The molecular formula is C41H58N8O6+2. The summed E-state index contributed by atoms with van der Waals surface area (Å²) in [6.07, 6.45) is 3.25. The van der Waals surface area contributed by atoms with Crippen LogP contribution in [0.15, 0.2) is 71.8 Å². The van der Waals surface area contributed by atoms with E-state index in [1.165, 1.54) is 0 Å². The van der Waals surface area contributed by atoms with Gasteiger partial charge < -0.3 is 39.8 Å². The number of rotatable bonds is 26. The number of nitrogens with zero attached hydrogens (tertiary/aromatic N) is 5. The molecule has 0 saturated carbocycles. The number of ether oxygens (including phenoxy) is 4. The number of pyridine rings is 1. The lowest BCUT2D eigenvalue weighted by molar-refractivity contribution is -0.869. The van der Waals surface area contributed by atoms with Gasteiger partial charge in [0.25, 0.3) is 0 Å². The van der Waals surface area contributed by atoms with Crippen molar-refractivity contribution >= 4 is 44.9 Å². The van der Waals surface area contributed by atoms with Crippen LogP contribution in [0.1, 0.15) is 32.1 Å². The van der Waals surface area contributed by atoms with E-state index in [4.69, 9.17) is 30.2 Å². The molecule has 0 radical (unpaired) electrons. The first-order chi connectivity index (χ1) is 26.7. The van der Waals surface area contributed by atoms with Crippen LogP contribution >= 0.6 is 0 Å². The normalized spacial score (nSPS) is 11.5. The van der Waals surface area contributed by atoms with Crippen LogP contribution in [0.3, 0.4) is 0 Å². The van der Waals surface area contributed by atoms with Crippen LogP contribution in [-0.2, 0) is 35.1 Å². The van der Waals surface area contributed by atoms with Gasteiger partial charge in [0.1, 0.15) is 6.54 Å². The molecule has 2 amide bonds. The predicted molar refractivity (Wildman–Crippen MR) is 216 cm³/mol. The maximum atomic E-state index is 12.5. The highest BCUT2D eigenvalue weighted by molar-refractivity contribution is 6.10. The molecule has 55 heavy (non-hydrogen) atoms. The molecule has 14 nitrogen and oxygen atoms in total. The largest absolute Gasteiger partial charge is 0.399 e. The third kappa shape index (κ3) is 15.1. The zero-order valence-electron chi connectivity index (χ0n) is 32.6. The van der Waals surface area contributed by atoms with Crippen molar-refractivity contribution in [2.45, 2.75) is 38.6 Å². The highest BCUT2D eigenvalue weighted by Crippen LogP contribution is 2.34. The van der Waals surface area contributed by atoms with E-state index in [0.29, 0.717) is 96.7 Å². The Morgan fingerprint density at radius 2 is 1.36 bits per heavy atom. The van der Waals surface area contributed by atoms with E-state index >= 15 is 0 Å². The number of hydrogen-bond acceptors (Lipinski definition) is 8. The highest BCUT2D eigenvalue weighted by atomic mass is 16.6. The van der Waals surface area contributed by atoms with Crippen molar-refractivity contribution in [3.63, 3.8) is 0 Å². The Morgan fingerprint density at radius 3 is 2.05 bits per heavy atom. The molecule has 14 heteroatoms. The quantitative estimate of drug-likeness (QED) is 0.0112. The summed E-state index contributed by atoms with van der Waals surface area (Å²) in [5.74, 6) is -0.000388. The topological polar surface area (TPSA) is 174 Å². The van der Waals surface area contributed by atoms with Crippen molar-refractivity contribution in [2.75, 3.05) is 99.4 Å². The average Bonchev–Trinajstić information content (AvgIpc) is 3.16. The number of amides is 2. The molecule has 0 aliphatic rings. The number of quaternary nitrogens is 1. The Bertz CT molecular complexity index is 1860. The monoisotopic (exact) mass is 758 g/mol. The number of anilines is 1. The molecule has 4 N–H and O–H groups in total. The van der Waals surface area contributed by atoms with Gasteiger partial charge in [-0.1, -0.05) is 35.4 Å². The van der Waals surface area contributed by atoms with E-state index in [0.717, 1.165) is 63.2 Å². The molecule has 1 aromatic heterocycles. The summed E-state index contributed by atoms with van der Waals surface area (Å²) in [7, 11) is 6.26. The molecule has 1 heterocycles. The number of nitrogen functional groups attached to an aromatic ring is 1. The van der Waals surface area contributed by atoms with Gasteiger partial charge in [-0.2, -0.15) is 4.57 Å². The summed E-state index contributed by atoms with van der Waals surface area (Å²) >= 11 is 0. The molecule has 4 rings (SSSR count). The van der Waals surface area contributed by atoms with Gasteiger partial charge in [0.15, 0.2) is 0 Å². The first kappa shape index (κ1) is 42.9. The summed E-state index contributed by atoms with van der Waals surface area (Å²) in [5.41, 5.74) is 19.7. The van der Waals surface area contributed by atoms with Crippen LogP contribution in [-0.4, -0.2) is 110 Å². The molecule has 0 aliphatic heterocycles. The molecule has 0 atom stereocenters. The minimum absolute atomic E-state index is 0.00277. The fourth-order valence-corrected chi connectivity index (χ4v) is 6.11. The second kappa shape index (κ2) is 23.2. The number of aromatic nitrogens is 1. The Kier molecular flexibility index (Phi) is 18.1. The van der Waals surface area contributed by atoms with Gasteiger partial charge in [-0.15, -0.1) is 0 Å². The third-order valence-electron chi connectivity index (χ3n) is 8.89. The number of aryl methyl sites for hydroxylation is 1. The van der Waals surface area contributed by atoms with Crippen molar-refractivity contribution in [1.82, 2.24) is 10.6 Å². The first-order valence-corrected chi connectivity index (χ1v) is 19.1.